The summed E-state index contributed by atoms with van der Waals surface area (Å²) < 4.78 is 27.2. The number of benzene rings is 2. The monoisotopic (exact) mass is 536 g/mol. The van der Waals surface area contributed by atoms with Crippen molar-refractivity contribution in [2.24, 2.45) is 0 Å². The highest BCUT2D eigenvalue weighted by Crippen LogP contribution is 2.46. The number of aromatic carboxylic acids is 1. The molecule has 38 heavy (non-hydrogen) atoms. The first-order valence-electron chi connectivity index (χ1n) is 13.0. The van der Waals surface area contributed by atoms with Gasteiger partial charge in [0.05, 0.1) is 28.5 Å². The van der Waals surface area contributed by atoms with E-state index in [4.69, 9.17) is 9.26 Å². The zero-order valence-electron chi connectivity index (χ0n) is 21.0. The van der Waals surface area contributed by atoms with Crippen LogP contribution in [0.3, 0.4) is 0 Å². The van der Waals surface area contributed by atoms with Gasteiger partial charge in [0.25, 0.3) is 0 Å². The van der Waals surface area contributed by atoms with Crippen LogP contribution in [0.15, 0.2) is 47.0 Å². The van der Waals surface area contributed by atoms with E-state index in [9.17, 15) is 19.4 Å². The minimum Gasteiger partial charge on any atom is -0.478 e. The number of alkyl halides is 1. The van der Waals surface area contributed by atoms with Crippen molar-refractivity contribution >= 4 is 27.5 Å². The SMILES string of the molecule is CC(F)c1ccccc1-c1noc(C2CC2)c1COC1CCC(O)(c2nc3ccc(C(=O)O)cc3s2)CC1. The van der Waals surface area contributed by atoms with E-state index in [1.807, 2.05) is 18.2 Å². The van der Waals surface area contributed by atoms with Crippen LogP contribution in [-0.4, -0.2) is 32.4 Å². The highest BCUT2D eigenvalue weighted by atomic mass is 32.1. The zero-order valence-corrected chi connectivity index (χ0v) is 21.8. The van der Waals surface area contributed by atoms with Crippen LogP contribution < -0.4 is 0 Å². The summed E-state index contributed by atoms with van der Waals surface area (Å²) in [7, 11) is 0. The van der Waals surface area contributed by atoms with Crippen LogP contribution in [0.5, 0.6) is 0 Å². The van der Waals surface area contributed by atoms with Gasteiger partial charge in [-0.25, -0.2) is 14.2 Å². The average Bonchev–Trinajstić information content (AvgIpc) is 3.51. The lowest BCUT2D eigenvalue weighted by Crippen LogP contribution is -2.34. The Balaban J connectivity index is 1.17. The van der Waals surface area contributed by atoms with E-state index in [2.05, 4.69) is 10.1 Å². The number of fused-ring (bicyclic) bond motifs is 1. The summed E-state index contributed by atoms with van der Waals surface area (Å²) in [6.07, 6.45) is 3.23. The Kier molecular flexibility index (Phi) is 6.53. The summed E-state index contributed by atoms with van der Waals surface area (Å²) >= 11 is 1.35. The molecule has 2 fully saturated rings. The fourth-order valence-corrected chi connectivity index (χ4v) is 6.46. The molecule has 0 saturated heterocycles. The molecule has 0 aliphatic heterocycles. The molecule has 2 N–H and O–H groups in total. The van der Waals surface area contributed by atoms with Crippen LogP contribution in [0.25, 0.3) is 21.5 Å². The molecule has 6 rings (SSSR count). The molecule has 0 spiro atoms. The van der Waals surface area contributed by atoms with Crippen molar-refractivity contribution in [2.75, 3.05) is 0 Å². The maximum absolute atomic E-state index is 14.4. The quantitative estimate of drug-likeness (QED) is 0.252. The third kappa shape index (κ3) is 4.74. The Morgan fingerprint density at radius 1 is 1.21 bits per heavy atom. The topological polar surface area (TPSA) is 106 Å². The minimum atomic E-state index is -1.13. The molecule has 198 valence electrons. The summed E-state index contributed by atoms with van der Waals surface area (Å²) in [4.78, 5) is 15.9. The summed E-state index contributed by atoms with van der Waals surface area (Å²) in [5, 5.41) is 25.6. The number of rotatable bonds is 8. The highest BCUT2D eigenvalue weighted by Gasteiger charge is 2.39. The molecule has 0 amide bonds. The van der Waals surface area contributed by atoms with Gasteiger partial charge >= 0.3 is 5.97 Å². The number of thiazole rings is 1. The molecule has 1 unspecified atom stereocenters. The van der Waals surface area contributed by atoms with Gasteiger partial charge in [-0.05, 0) is 69.2 Å². The smallest absolute Gasteiger partial charge is 0.335 e. The fraction of sp³-hybridized carbons (Fsp3) is 0.414. The van der Waals surface area contributed by atoms with Crippen LogP contribution in [0.1, 0.15) is 89.8 Å². The molecule has 2 saturated carbocycles. The maximum Gasteiger partial charge on any atom is 0.335 e. The summed E-state index contributed by atoms with van der Waals surface area (Å²) in [6.45, 7) is 1.85. The second-order valence-corrected chi connectivity index (χ2v) is 11.4. The number of halogens is 1. The predicted octanol–water partition coefficient (Wildman–Crippen LogP) is 6.90. The van der Waals surface area contributed by atoms with Crippen molar-refractivity contribution in [3.63, 3.8) is 0 Å². The van der Waals surface area contributed by atoms with Gasteiger partial charge in [0.1, 0.15) is 28.2 Å². The van der Waals surface area contributed by atoms with Gasteiger partial charge in [-0.1, -0.05) is 29.4 Å². The Hall–Kier alpha value is -3.14. The van der Waals surface area contributed by atoms with Crippen molar-refractivity contribution in [3.8, 4) is 11.3 Å². The number of hydrogen-bond donors (Lipinski definition) is 2. The molecule has 2 aromatic carbocycles. The Bertz CT molecular complexity index is 1480. The highest BCUT2D eigenvalue weighted by molar-refractivity contribution is 7.18. The standard InChI is InChI=1S/C29H29FN2O5S/c1-16(30)20-4-2-3-5-21(20)25-22(26(37-32-25)17-6-7-17)15-36-19-10-12-29(35,13-11-19)28-31-23-9-8-18(27(33)34)14-24(23)38-28/h2-5,8-9,14,16-17,19,35H,6-7,10-13,15H2,1H3,(H,33,34). The lowest BCUT2D eigenvalue weighted by atomic mass is 9.83. The van der Waals surface area contributed by atoms with Gasteiger partial charge in [-0.3, -0.25) is 0 Å². The van der Waals surface area contributed by atoms with Gasteiger partial charge in [0.15, 0.2) is 0 Å². The number of carboxylic acid groups (broad SMARTS) is 1. The van der Waals surface area contributed by atoms with Crippen molar-refractivity contribution in [1.29, 1.82) is 0 Å². The van der Waals surface area contributed by atoms with Gasteiger partial charge < -0.3 is 19.5 Å². The molecule has 4 aromatic rings. The maximum atomic E-state index is 14.4. The molecule has 0 bridgehead atoms. The number of carbonyl (C=O) groups is 1. The van der Waals surface area contributed by atoms with Crippen LogP contribution in [0.2, 0.25) is 0 Å². The van der Waals surface area contributed by atoms with Crippen LogP contribution in [-0.2, 0) is 16.9 Å². The van der Waals surface area contributed by atoms with Crippen molar-refractivity contribution in [3.05, 3.63) is 69.9 Å². The van der Waals surface area contributed by atoms with Crippen LogP contribution in [0.4, 0.5) is 4.39 Å². The first-order valence-corrected chi connectivity index (χ1v) is 13.8. The van der Waals surface area contributed by atoms with E-state index in [1.54, 1.807) is 18.2 Å². The lowest BCUT2D eigenvalue weighted by molar-refractivity contribution is -0.0640. The van der Waals surface area contributed by atoms with Crippen molar-refractivity contribution < 1.29 is 28.7 Å². The molecule has 9 heteroatoms. The van der Waals surface area contributed by atoms with Gasteiger partial charge in [0.2, 0.25) is 0 Å². The number of aliphatic hydroxyl groups is 1. The van der Waals surface area contributed by atoms with E-state index in [-0.39, 0.29) is 11.7 Å². The van der Waals surface area contributed by atoms with E-state index in [1.165, 1.54) is 24.3 Å². The molecule has 2 aliphatic carbocycles. The van der Waals surface area contributed by atoms with E-state index in [0.29, 0.717) is 60.0 Å². The van der Waals surface area contributed by atoms with Crippen LogP contribution >= 0.6 is 11.3 Å². The van der Waals surface area contributed by atoms with Gasteiger partial charge in [-0.2, -0.15) is 0 Å². The van der Waals surface area contributed by atoms with Crippen molar-refractivity contribution in [1.82, 2.24) is 10.1 Å². The van der Waals surface area contributed by atoms with E-state index < -0.39 is 17.7 Å². The van der Waals surface area contributed by atoms with Crippen molar-refractivity contribution in [2.45, 2.75) is 75.9 Å². The molecule has 7 nitrogen and oxygen atoms in total. The zero-order chi connectivity index (χ0) is 26.4. The molecular weight excluding hydrogens is 507 g/mol. The Labute approximate surface area is 223 Å². The second-order valence-electron chi connectivity index (χ2n) is 10.4. The number of aromatic nitrogens is 2. The largest absolute Gasteiger partial charge is 0.478 e. The summed E-state index contributed by atoms with van der Waals surface area (Å²) in [5.41, 5.74) is 2.69. The number of hydrogen-bond acceptors (Lipinski definition) is 7. The Morgan fingerprint density at radius 2 is 1.97 bits per heavy atom. The van der Waals surface area contributed by atoms with Gasteiger partial charge in [0, 0.05) is 17.0 Å². The predicted molar refractivity (Wildman–Crippen MR) is 141 cm³/mol. The number of ether oxygens (including phenoxy) is 1. The minimum absolute atomic E-state index is 0.0478. The third-order valence-electron chi connectivity index (χ3n) is 7.67. The molecular formula is C29H29FN2O5S. The summed E-state index contributed by atoms with van der Waals surface area (Å²) in [6, 6.07) is 12.2. The molecule has 0 radical (unpaired) electrons. The molecule has 1 atom stereocenters. The van der Waals surface area contributed by atoms with Crippen LogP contribution in [0, 0.1) is 0 Å². The molecule has 2 heterocycles. The second kappa shape index (κ2) is 9.87. The normalized spacial score (nSPS) is 22.6. The number of nitrogens with zero attached hydrogens (tertiary/aromatic N) is 2. The Morgan fingerprint density at radius 3 is 2.68 bits per heavy atom. The van der Waals surface area contributed by atoms with E-state index in [0.717, 1.165) is 34.4 Å². The first kappa shape index (κ1) is 25.2. The van der Waals surface area contributed by atoms with E-state index >= 15 is 0 Å². The summed E-state index contributed by atoms with van der Waals surface area (Å²) in [5.74, 6) is 0.188. The molecule has 2 aromatic heterocycles. The average molecular weight is 537 g/mol. The molecule has 2 aliphatic rings. The first-order chi connectivity index (χ1) is 18.3. The fourth-order valence-electron chi connectivity index (χ4n) is 5.31. The third-order valence-corrected chi connectivity index (χ3v) is 8.88. The number of carboxylic acids is 1. The lowest BCUT2D eigenvalue weighted by Gasteiger charge is -2.34. The van der Waals surface area contributed by atoms with Gasteiger partial charge in [-0.15, -0.1) is 11.3 Å².